The molecule has 0 aliphatic heterocycles. The SMILES string of the molecule is C=C(CC[C@@H](C)[C@H]1CC[C@H]2C3=CC[C@@H]4C[C@@H](O)CC[C@]4(C)[C@H]3CC[C@]12C)C(C)C. The van der Waals surface area contributed by atoms with Crippen LogP contribution in [0.3, 0.4) is 0 Å². The molecule has 0 amide bonds. The van der Waals surface area contributed by atoms with Gasteiger partial charge in [0.15, 0.2) is 0 Å². The third-order valence-corrected chi connectivity index (χ3v) is 10.5. The maximum absolute atomic E-state index is 10.2. The number of rotatable bonds is 5. The van der Waals surface area contributed by atoms with Crippen LogP contribution in [0.4, 0.5) is 0 Å². The van der Waals surface area contributed by atoms with Crippen molar-refractivity contribution in [3.05, 3.63) is 23.8 Å². The van der Waals surface area contributed by atoms with Crippen molar-refractivity contribution in [3.8, 4) is 0 Å². The normalized spacial score (nSPS) is 45.2. The van der Waals surface area contributed by atoms with Gasteiger partial charge in [0.25, 0.3) is 0 Å². The van der Waals surface area contributed by atoms with Gasteiger partial charge in [-0.2, -0.15) is 0 Å². The van der Waals surface area contributed by atoms with Crippen molar-refractivity contribution in [2.24, 2.45) is 46.3 Å². The molecule has 0 saturated heterocycles. The zero-order chi connectivity index (χ0) is 21.0. The zero-order valence-corrected chi connectivity index (χ0v) is 19.8. The van der Waals surface area contributed by atoms with Crippen LogP contribution >= 0.6 is 0 Å². The van der Waals surface area contributed by atoms with Crippen LogP contribution in [0.2, 0.25) is 0 Å². The number of aliphatic hydroxyl groups excluding tert-OH is 1. The van der Waals surface area contributed by atoms with E-state index in [9.17, 15) is 5.11 Å². The fraction of sp³-hybridized carbons (Fsp3) is 0.857. The van der Waals surface area contributed by atoms with Gasteiger partial charge in [-0.1, -0.05) is 58.4 Å². The lowest BCUT2D eigenvalue weighted by atomic mass is 9.47. The van der Waals surface area contributed by atoms with E-state index >= 15 is 0 Å². The number of allylic oxidation sites excluding steroid dienone is 3. The summed E-state index contributed by atoms with van der Waals surface area (Å²) in [6.45, 7) is 16.7. The van der Waals surface area contributed by atoms with E-state index in [0.717, 1.165) is 36.5 Å². The van der Waals surface area contributed by atoms with Gasteiger partial charge >= 0.3 is 0 Å². The molecule has 4 aliphatic rings. The van der Waals surface area contributed by atoms with Crippen molar-refractivity contribution < 1.29 is 5.11 Å². The predicted octanol–water partition coefficient (Wildman–Crippen LogP) is 7.55. The van der Waals surface area contributed by atoms with Gasteiger partial charge < -0.3 is 5.11 Å². The molecule has 29 heavy (non-hydrogen) atoms. The molecule has 0 unspecified atom stereocenters. The van der Waals surface area contributed by atoms with Crippen molar-refractivity contribution in [2.45, 2.75) is 105 Å². The van der Waals surface area contributed by atoms with Crippen molar-refractivity contribution in [1.29, 1.82) is 0 Å². The molecule has 1 heteroatoms. The highest BCUT2D eigenvalue weighted by atomic mass is 16.3. The van der Waals surface area contributed by atoms with Crippen LogP contribution in [0.15, 0.2) is 23.8 Å². The van der Waals surface area contributed by atoms with Crippen LogP contribution in [0.1, 0.15) is 98.8 Å². The lowest BCUT2D eigenvalue weighted by Crippen LogP contribution is -2.49. The average molecular weight is 399 g/mol. The van der Waals surface area contributed by atoms with Crippen molar-refractivity contribution >= 4 is 0 Å². The molecule has 3 saturated carbocycles. The Labute approximate surface area is 180 Å². The molecular weight excluding hydrogens is 352 g/mol. The fourth-order valence-corrected chi connectivity index (χ4v) is 8.37. The minimum atomic E-state index is -0.0471. The molecule has 0 radical (unpaired) electrons. The van der Waals surface area contributed by atoms with Crippen LogP contribution < -0.4 is 0 Å². The molecule has 3 fully saturated rings. The van der Waals surface area contributed by atoms with Crippen LogP contribution in [0, 0.1) is 46.3 Å². The van der Waals surface area contributed by atoms with Crippen LogP contribution in [-0.4, -0.2) is 11.2 Å². The first-order chi connectivity index (χ1) is 13.7. The molecule has 4 aliphatic carbocycles. The first-order valence-corrected chi connectivity index (χ1v) is 12.7. The average Bonchev–Trinajstić information content (AvgIpc) is 3.03. The van der Waals surface area contributed by atoms with Crippen molar-refractivity contribution in [1.82, 2.24) is 0 Å². The van der Waals surface area contributed by atoms with Crippen LogP contribution in [0.5, 0.6) is 0 Å². The Morgan fingerprint density at radius 3 is 2.48 bits per heavy atom. The highest BCUT2D eigenvalue weighted by Crippen LogP contribution is 2.66. The molecule has 4 rings (SSSR count). The van der Waals surface area contributed by atoms with Gasteiger partial charge in [0.05, 0.1) is 6.10 Å². The molecule has 0 heterocycles. The Balaban J connectivity index is 1.50. The highest BCUT2D eigenvalue weighted by Gasteiger charge is 2.58. The molecule has 0 aromatic rings. The monoisotopic (exact) mass is 398 g/mol. The molecule has 0 spiro atoms. The Hall–Kier alpha value is -0.560. The first-order valence-electron chi connectivity index (χ1n) is 12.7. The minimum absolute atomic E-state index is 0.0471. The summed E-state index contributed by atoms with van der Waals surface area (Å²) in [4.78, 5) is 0. The predicted molar refractivity (Wildman–Crippen MR) is 124 cm³/mol. The molecule has 164 valence electrons. The third-order valence-electron chi connectivity index (χ3n) is 10.5. The largest absolute Gasteiger partial charge is 0.393 e. The highest BCUT2D eigenvalue weighted by molar-refractivity contribution is 5.27. The summed E-state index contributed by atoms with van der Waals surface area (Å²) in [5, 5.41) is 10.2. The first kappa shape index (κ1) is 21.7. The second-order valence-electron chi connectivity index (χ2n) is 12.2. The number of hydrogen-bond donors (Lipinski definition) is 1. The van der Waals surface area contributed by atoms with Crippen molar-refractivity contribution in [3.63, 3.8) is 0 Å². The van der Waals surface area contributed by atoms with Crippen molar-refractivity contribution in [2.75, 3.05) is 0 Å². The van der Waals surface area contributed by atoms with Gasteiger partial charge in [-0.25, -0.2) is 0 Å². The lowest BCUT2D eigenvalue weighted by Gasteiger charge is -2.57. The Bertz CT molecular complexity index is 659. The second kappa shape index (κ2) is 7.85. The van der Waals surface area contributed by atoms with Crippen LogP contribution in [-0.2, 0) is 0 Å². The molecule has 0 aromatic heterocycles. The zero-order valence-electron chi connectivity index (χ0n) is 19.8. The quantitative estimate of drug-likeness (QED) is 0.474. The third kappa shape index (κ3) is 3.58. The van der Waals surface area contributed by atoms with E-state index in [1.54, 1.807) is 0 Å². The van der Waals surface area contributed by atoms with E-state index in [1.165, 1.54) is 56.9 Å². The van der Waals surface area contributed by atoms with Crippen LogP contribution in [0.25, 0.3) is 0 Å². The van der Waals surface area contributed by atoms with E-state index in [-0.39, 0.29) is 6.10 Å². The van der Waals surface area contributed by atoms with Gasteiger partial charge in [0.1, 0.15) is 0 Å². The summed E-state index contributed by atoms with van der Waals surface area (Å²) in [5.74, 6) is 4.65. The summed E-state index contributed by atoms with van der Waals surface area (Å²) in [6, 6.07) is 0. The maximum atomic E-state index is 10.2. The Kier molecular flexibility index (Phi) is 5.86. The summed E-state index contributed by atoms with van der Waals surface area (Å²) in [5.41, 5.74) is 4.26. The number of aliphatic hydroxyl groups is 1. The van der Waals surface area contributed by atoms with Gasteiger partial charge in [-0.15, -0.1) is 0 Å². The van der Waals surface area contributed by atoms with Gasteiger partial charge in [-0.3, -0.25) is 0 Å². The molecule has 1 N–H and O–H groups in total. The van der Waals surface area contributed by atoms with Gasteiger partial charge in [-0.05, 0) is 111 Å². The molecule has 1 nitrogen and oxygen atoms in total. The molecule has 0 aromatic carbocycles. The van der Waals surface area contributed by atoms with E-state index in [2.05, 4.69) is 47.3 Å². The standard InChI is InChI=1S/C28H46O/c1-18(2)19(3)7-8-20(4)24-11-12-25-23-10-9-21-17-22(29)13-15-27(21,5)26(23)14-16-28(24,25)6/h10,18,20-22,24-26,29H,3,7-9,11-17H2,1-2,4-6H3/t20-,21-,22+,24-,25+,26+,27+,28-/m1/s1. The second-order valence-corrected chi connectivity index (χ2v) is 12.2. The Morgan fingerprint density at radius 1 is 1.07 bits per heavy atom. The topological polar surface area (TPSA) is 20.2 Å². The summed E-state index contributed by atoms with van der Waals surface area (Å²) in [7, 11) is 0. The van der Waals surface area contributed by atoms with Gasteiger partial charge in [0.2, 0.25) is 0 Å². The van der Waals surface area contributed by atoms with E-state index in [0.29, 0.717) is 22.7 Å². The molecular formula is C28H46O. The number of hydrogen-bond acceptors (Lipinski definition) is 1. The summed E-state index contributed by atoms with van der Waals surface area (Å²) in [6.07, 6.45) is 15.3. The lowest BCUT2D eigenvalue weighted by molar-refractivity contribution is -0.0427. The molecule has 8 atom stereocenters. The minimum Gasteiger partial charge on any atom is -0.393 e. The molecule has 0 bridgehead atoms. The van der Waals surface area contributed by atoms with E-state index in [4.69, 9.17) is 0 Å². The maximum Gasteiger partial charge on any atom is 0.0543 e. The van der Waals surface area contributed by atoms with E-state index < -0.39 is 0 Å². The number of fused-ring (bicyclic) bond motifs is 5. The Morgan fingerprint density at radius 2 is 1.76 bits per heavy atom. The van der Waals surface area contributed by atoms with Gasteiger partial charge in [0, 0.05) is 0 Å². The fourth-order valence-electron chi connectivity index (χ4n) is 8.37. The summed E-state index contributed by atoms with van der Waals surface area (Å²) < 4.78 is 0. The smallest absolute Gasteiger partial charge is 0.0543 e. The summed E-state index contributed by atoms with van der Waals surface area (Å²) >= 11 is 0. The van der Waals surface area contributed by atoms with E-state index in [1.807, 2.05) is 5.57 Å².